The van der Waals surface area contributed by atoms with Crippen LogP contribution in [0, 0.1) is 0 Å². The molecule has 5 rings (SSSR count). The summed E-state index contributed by atoms with van der Waals surface area (Å²) in [5.74, 6) is 0.773. The average molecular weight is 408 g/mol. The van der Waals surface area contributed by atoms with E-state index in [0.717, 1.165) is 48.7 Å². The van der Waals surface area contributed by atoms with Crippen molar-refractivity contribution in [3.05, 3.63) is 12.1 Å². The van der Waals surface area contributed by atoms with Crippen LogP contribution in [0.25, 0.3) is 10.2 Å². The van der Waals surface area contributed by atoms with Crippen LogP contribution in [0.15, 0.2) is 12.1 Å². The monoisotopic (exact) mass is 408 g/mol. The smallest absolute Gasteiger partial charge is 0.407 e. The van der Waals surface area contributed by atoms with E-state index in [4.69, 9.17) is 25.1 Å². The van der Waals surface area contributed by atoms with Gasteiger partial charge in [-0.05, 0) is 18.6 Å². The first-order valence-electron chi connectivity index (χ1n) is 9.23. The maximum Gasteiger partial charge on any atom is 0.407 e. The lowest BCUT2D eigenvalue weighted by molar-refractivity contribution is 0.0327. The minimum Gasteiger partial charge on any atom is -0.494 e. The lowest BCUT2D eigenvalue weighted by atomic mass is 10.2. The van der Waals surface area contributed by atoms with Crippen molar-refractivity contribution in [2.45, 2.75) is 18.6 Å². The number of nitrogen functional groups attached to an aromatic ring is 1. The summed E-state index contributed by atoms with van der Waals surface area (Å²) in [6.07, 6.45) is 0.267. The third kappa shape index (κ3) is 3.67. The van der Waals surface area contributed by atoms with Gasteiger partial charge in [0.05, 0.1) is 56.0 Å². The molecule has 1 aromatic heterocycles. The number of benzene rings is 1. The molecule has 28 heavy (non-hydrogen) atoms. The molecule has 0 spiro atoms. The third-order valence-electron chi connectivity index (χ3n) is 5.22. The number of carboxylic acid groups (broad SMARTS) is 1. The standard InChI is InChI=1S/C12H15N3O2S.C6H9NO3/c1-16-9-3-2-8(15-4-6-17-7-5-15)11-10(9)14-12(13)18-11;8-6(9)7-2-5-1-4(7)3-10-5/h2-3H,4-7H2,1H3,(H2,13,14);4-5H,1-3H2,(H,8,9)/t;4-,5-/m.0/s1. The molecule has 0 saturated carbocycles. The number of methoxy groups -OCH3 is 1. The Morgan fingerprint density at radius 1 is 1.39 bits per heavy atom. The third-order valence-corrected chi connectivity index (χ3v) is 6.13. The summed E-state index contributed by atoms with van der Waals surface area (Å²) in [6.45, 7) is 4.50. The Hall–Kier alpha value is -2.30. The molecule has 2 atom stereocenters. The van der Waals surface area contributed by atoms with Crippen LogP contribution in [0.2, 0.25) is 0 Å². The summed E-state index contributed by atoms with van der Waals surface area (Å²) < 4.78 is 17.0. The number of likely N-dealkylation sites (tertiary alicyclic amines) is 1. The number of nitrogens with two attached hydrogens (primary N) is 1. The second kappa shape index (κ2) is 7.98. The molecule has 0 aliphatic carbocycles. The molecule has 9 nitrogen and oxygen atoms in total. The van der Waals surface area contributed by atoms with Crippen molar-refractivity contribution in [2.24, 2.45) is 0 Å². The molecule has 0 unspecified atom stereocenters. The number of nitrogens with zero attached hydrogens (tertiary/aromatic N) is 3. The lowest BCUT2D eigenvalue weighted by Crippen LogP contribution is -2.40. The van der Waals surface area contributed by atoms with Crippen molar-refractivity contribution < 1.29 is 24.1 Å². The minimum atomic E-state index is -0.809. The van der Waals surface area contributed by atoms with Crippen molar-refractivity contribution in [1.29, 1.82) is 0 Å². The molecule has 3 aliphatic rings. The quantitative estimate of drug-likeness (QED) is 0.775. The number of morpholine rings is 2. The van der Waals surface area contributed by atoms with Crippen molar-refractivity contribution >= 4 is 38.5 Å². The number of ether oxygens (including phenoxy) is 3. The summed E-state index contributed by atoms with van der Waals surface area (Å²) in [6, 6.07) is 4.17. The van der Waals surface area contributed by atoms with Crippen LogP contribution in [0.3, 0.4) is 0 Å². The van der Waals surface area contributed by atoms with Crippen LogP contribution >= 0.6 is 11.3 Å². The molecular weight excluding hydrogens is 384 g/mol. The second-order valence-corrected chi connectivity index (χ2v) is 7.93. The van der Waals surface area contributed by atoms with E-state index < -0.39 is 6.09 Å². The molecule has 2 aromatic rings. The predicted octanol–water partition coefficient (Wildman–Crippen LogP) is 1.86. The molecule has 0 radical (unpaired) electrons. The number of aromatic nitrogens is 1. The maximum atomic E-state index is 10.5. The highest BCUT2D eigenvalue weighted by atomic mass is 32.1. The molecular formula is C18H24N4O5S. The van der Waals surface area contributed by atoms with Gasteiger partial charge in [0.15, 0.2) is 5.13 Å². The first-order chi connectivity index (χ1) is 13.6. The fourth-order valence-electron chi connectivity index (χ4n) is 3.84. The Morgan fingerprint density at radius 2 is 2.18 bits per heavy atom. The van der Waals surface area contributed by atoms with E-state index in [-0.39, 0.29) is 12.1 Å². The zero-order chi connectivity index (χ0) is 19.7. The molecule has 3 fully saturated rings. The van der Waals surface area contributed by atoms with Crippen molar-refractivity contribution in [1.82, 2.24) is 9.88 Å². The van der Waals surface area contributed by atoms with Gasteiger partial charge in [0, 0.05) is 13.1 Å². The largest absolute Gasteiger partial charge is 0.494 e. The van der Waals surface area contributed by atoms with E-state index in [2.05, 4.69) is 16.0 Å². The normalized spacial score (nSPS) is 23.6. The molecule has 3 N–H and O–H groups in total. The van der Waals surface area contributed by atoms with Gasteiger partial charge >= 0.3 is 6.09 Å². The molecule has 1 amide bonds. The van der Waals surface area contributed by atoms with E-state index in [0.29, 0.717) is 18.3 Å². The van der Waals surface area contributed by atoms with Crippen LogP contribution < -0.4 is 15.4 Å². The number of fused-ring (bicyclic) bond motifs is 3. The van der Waals surface area contributed by atoms with Crippen LogP contribution in [0.1, 0.15) is 6.42 Å². The Balaban J connectivity index is 0.000000162. The average Bonchev–Trinajstić information content (AvgIpc) is 3.43. The molecule has 3 saturated heterocycles. The zero-order valence-corrected chi connectivity index (χ0v) is 16.5. The fourth-order valence-corrected chi connectivity index (χ4v) is 4.73. The summed E-state index contributed by atoms with van der Waals surface area (Å²) in [5, 5.41) is 9.18. The van der Waals surface area contributed by atoms with Gasteiger partial charge in [-0.25, -0.2) is 9.78 Å². The summed E-state index contributed by atoms with van der Waals surface area (Å²) in [7, 11) is 1.65. The highest BCUT2D eigenvalue weighted by Gasteiger charge is 2.41. The van der Waals surface area contributed by atoms with Gasteiger partial charge in [-0.15, -0.1) is 0 Å². The van der Waals surface area contributed by atoms with Crippen molar-refractivity contribution in [2.75, 3.05) is 57.2 Å². The number of hydrogen-bond acceptors (Lipinski definition) is 8. The Labute approximate surface area is 166 Å². The Kier molecular flexibility index (Phi) is 5.42. The Bertz CT molecular complexity index is 854. The van der Waals surface area contributed by atoms with Gasteiger partial charge in [-0.2, -0.15) is 0 Å². The van der Waals surface area contributed by atoms with Gasteiger partial charge in [0.1, 0.15) is 11.3 Å². The number of hydrogen-bond donors (Lipinski definition) is 2. The van der Waals surface area contributed by atoms with Crippen molar-refractivity contribution in [3.8, 4) is 5.75 Å². The number of rotatable bonds is 2. The zero-order valence-electron chi connectivity index (χ0n) is 15.7. The first-order valence-corrected chi connectivity index (χ1v) is 10.1. The maximum absolute atomic E-state index is 10.5. The number of amides is 1. The summed E-state index contributed by atoms with van der Waals surface area (Å²) >= 11 is 1.51. The van der Waals surface area contributed by atoms with Crippen molar-refractivity contribution in [3.63, 3.8) is 0 Å². The number of thiazole rings is 1. The van der Waals surface area contributed by atoms with Crippen LogP contribution in [-0.2, 0) is 9.47 Å². The lowest BCUT2D eigenvalue weighted by Gasteiger charge is -2.29. The van der Waals surface area contributed by atoms with Crippen LogP contribution in [0.4, 0.5) is 15.6 Å². The van der Waals surface area contributed by atoms with E-state index in [1.807, 2.05) is 6.07 Å². The van der Waals surface area contributed by atoms with Gasteiger partial charge in [-0.3, -0.25) is 0 Å². The molecule has 2 bridgehead atoms. The molecule has 1 aromatic carbocycles. The highest BCUT2D eigenvalue weighted by Crippen LogP contribution is 2.38. The van der Waals surface area contributed by atoms with E-state index in [9.17, 15) is 4.79 Å². The number of carbonyl (C=O) groups is 1. The van der Waals surface area contributed by atoms with E-state index in [1.54, 1.807) is 7.11 Å². The van der Waals surface area contributed by atoms with Crippen LogP contribution in [0.5, 0.6) is 5.75 Å². The van der Waals surface area contributed by atoms with E-state index in [1.165, 1.54) is 21.9 Å². The molecule has 4 heterocycles. The van der Waals surface area contributed by atoms with Gasteiger partial charge in [0.2, 0.25) is 0 Å². The van der Waals surface area contributed by atoms with Gasteiger partial charge < -0.3 is 34.9 Å². The Morgan fingerprint density at radius 3 is 2.75 bits per heavy atom. The topological polar surface area (TPSA) is 110 Å². The van der Waals surface area contributed by atoms with Gasteiger partial charge in [0.25, 0.3) is 0 Å². The van der Waals surface area contributed by atoms with Crippen LogP contribution in [-0.4, -0.2) is 79.8 Å². The number of anilines is 2. The SMILES string of the molecule is COc1ccc(N2CCOCC2)c2sc(N)nc12.O=C(O)N1C[C@@H]2C[C@H]1CO2. The van der Waals surface area contributed by atoms with Gasteiger partial charge in [-0.1, -0.05) is 11.3 Å². The predicted molar refractivity (Wildman–Crippen MR) is 106 cm³/mol. The first kappa shape index (κ1) is 19.0. The molecule has 3 aliphatic heterocycles. The summed E-state index contributed by atoms with van der Waals surface area (Å²) in [5.41, 5.74) is 7.84. The fraction of sp³-hybridized carbons (Fsp3) is 0.556. The highest BCUT2D eigenvalue weighted by molar-refractivity contribution is 7.22. The second-order valence-electron chi connectivity index (χ2n) is 6.90. The molecule has 152 valence electrons. The summed E-state index contributed by atoms with van der Waals surface area (Å²) in [4.78, 5) is 18.6. The molecule has 10 heteroatoms. The van der Waals surface area contributed by atoms with E-state index >= 15 is 0 Å². The minimum absolute atomic E-state index is 0.141.